The SMILES string of the molecule is O=C(C=Cc1cccnc1)N1CCCC(CCC(=O)N2CCN(Cc3ccccc3)CC2)C1. The van der Waals surface area contributed by atoms with Crippen molar-refractivity contribution in [3.63, 3.8) is 0 Å². The maximum atomic E-state index is 12.8. The first kappa shape index (κ1) is 23.2. The van der Waals surface area contributed by atoms with Crippen molar-refractivity contribution >= 4 is 17.9 Å². The van der Waals surface area contributed by atoms with E-state index in [9.17, 15) is 9.59 Å². The lowest BCUT2D eigenvalue weighted by atomic mass is 9.93. The van der Waals surface area contributed by atoms with Crippen molar-refractivity contribution in [1.82, 2.24) is 19.7 Å². The van der Waals surface area contributed by atoms with Crippen LogP contribution < -0.4 is 0 Å². The van der Waals surface area contributed by atoms with Crippen molar-refractivity contribution in [2.45, 2.75) is 32.2 Å². The Kier molecular flexibility index (Phi) is 8.25. The second-order valence-electron chi connectivity index (χ2n) is 9.09. The molecule has 2 aromatic rings. The molecule has 2 aliphatic rings. The number of pyridine rings is 1. The van der Waals surface area contributed by atoms with Crippen LogP contribution in [-0.4, -0.2) is 70.8 Å². The third kappa shape index (κ3) is 6.99. The van der Waals surface area contributed by atoms with Crippen molar-refractivity contribution < 1.29 is 9.59 Å². The summed E-state index contributed by atoms with van der Waals surface area (Å²) >= 11 is 0. The second kappa shape index (κ2) is 11.8. The lowest BCUT2D eigenvalue weighted by Gasteiger charge is -2.36. The van der Waals surface area contributed by atoms with Gasteiger partial charge in [0.25, 0.3) is 0 Å². The number of carbonyl (C=O) groups excluding carboxylic acids is 2. The number of piperazine rings is 1. The molecule has 1 unspecified atom stereocenters. The Labute approximate surface area is 196 Å². The van der Waals surface area contributed by atoms with Gasteiger partial charge in [0.1, 0.15) is 0 Å². The van der Waals surface area contributed by atoms with E-state index in [0.717, 1.165) is 70.6 Å². The van der Waals surface area contributed by atoms with Crippen LogP contribution in [0, 0.1) is 5.92 Å². The molecule has 174 valence electrons. The molecule has 2 aliphatic heterocycles. The van der Waals surface area contributed by atoms with E-state index in [-0.39, 0.29) is 11.8 Å². The van der Waals surface area contributed by atoms with E-state index in [2.05, 4.69) is 34.1 Å². The summed E-state index contributed by atoms with van der Waals surface area (Å²) < 4.78 is 0. The van der Waals surface area contributed by atoms with Gasteiger partial charge in [-0.25, -0.2) is 0 Å². The Balaban J connectivity index is 1.18. The van der Waals surface area contributed by atoms with E-state index in [4.69, 9.17) is 0 Å². The number of likely N-dealkylation sites (tertiary alicyclic amines) is 1. The summed E-state index contributed by atoms with van der Waals surface area (Å²) in [5, 5.41) is 0. The molecule has 0 N–H and O–H groups in total. The van der Waals surface area contributed by atoms with Gasteiger partial charge < -0.3 is 9.80 Å². The first-order valence-corrected chi connectivity index (χ1v) is 12.1. The molecule has 3 heterocycles. The molecule has 1 atom stereocenters. The van der Waals surface area contributed by atoms with Gasteiger partial charge in [-0.05, 0) is 48.4 Å². The fourth-order valence-corrected chi connectivity index (χ4v) is 4.73. The number of hydrogen-bond donors (Lipinski definition) is 0. The zero-order valence-corrected chi connectivity index (χ0v) is 19.3. The van der Waals surface area contributed by atoms with Crippen LogP contribution >= 0.6 is 0 Å². The van der Waals surface area contributed by atoms with Crippen LogP contribution in [0.15, 0.2) is 60.9 Å². The van der Waals surface area contributed by atoms with Gasteiger partial charge in [0.2, 0.25) is 11.8 Å². The second-order valence-corrected chi connectivity index (χ2v) is 9.09. The molecule has 2 saturated heterocycles. The van der Waals surface area contributed by atoms with Crippen molar-refractivity contribution in [2.75, 3.05) is 39.3 Å². The predicted molar refractivity (Wildman–Crippen MR) is 130 cm³/mol. The summed E-state index contributed by atoms with van der Waals surface area (Å²) in [5.74, 6) is 0.705. The molecule has 0 radical (unpaired) electrons. The average Bonchev–Trinajstić information content (AvgIpc) is 2.88. The molecular weight excluding hydrogens is 412 g/mol. The van der Waals surface area contributed by atoms with Gasteiger partial charge in [0.15, 0.2) is 0 Å². The number of hydrogen-bond acceptors (Lipinski definition) is 4. The number of piperidine rings is 1. The van der Waals surface area contributed by atoms with Crippen LogP contribution in [0.5, 0.6) is 0 Å². The molecule has 0 spiro atoms. The number of amides is 2. The molecule has 6 heteroatoms. The lowest BCUT2D eigenvalue weighted by Crippen LogP contribution is -2.48. The maximum Gasteiger partial charge on any atom is 0.246 e. The Morgan fingerprint density at radius 2 is 1.79 bits per heavy atom. The van der Waals surface area contributed by atoms with Crippen LogP contribution in [0.4, 0.5) is 0 Å². The minimum atomic E-state index is 0.0458. The highest BCUT2D eigenvalue weighted by molar-refractivity contribution is 5.91. The van der Waals surface area contributed by atoms with Crippen LogP contribution in [0.2, 0.25) is 0 Å². The van der Waals surface area contributed by atoms with E-state index in [0.29, 0.717) is 12.3 Å². The van der Waals surface area contributed by atoms with E-state index in [1.54, 1.807) is 18.5 Å². The Morgan fingerprint density at radius 3 is 2.55 bits per heavy atom. The zero-order chi connectivity index (χ0) is 22.9. The number of rotatable bonds is 7. The van der Waals surface area contributed by atoms with Gasteiger partial charge in [-0.3, -0.25) is 19.5 Å². The van der Waals surface area contributed by atoms with E-state index >= 15 is 0 Å². The van der Waals surface area contributed by atoms with E-state index in [1.807, 2.05) is 34.1 Å². The Morgan fingerprint density at radius 1 is 0.970 bits per heavy atom. The van der Waals surface area contributed by atoms with Crippen molar-refractivity contribution in [3.8, 4) is 0 Å². The van der Waals surface area contributed by atoms with Crippen LogP contribution in [-0.2, 0) is 16.1 Å². The smallest absolute Gasteiger partial charge is 0.246 e. The molecule has 0 bridgehead atoms. The van der Waals surface area contributed by atoms with E-state index < -0.39 is 0 Å². The van der Waals surface area contributed by atoms with Crippen molar-refractivity contribution in [1.29, 1.82) is 0 Å². The minimum absolute atomic E-state index is 0.0458. The lowest BCUT2D eigenvalue weighted by molar-refractivity contribution is -0.133. The van der Waals surface area contributed by atoms with Crippen LogP contribution in [0.1, 0.15) is 36.8 Å². The van der Waals surface area contributed by atoms with Crippen LogP contribution in [0.25, 0.3) is 6.08 Å². The summed E-state index contributed by atoms with van der Waals surface area (Å²) in [7, 11) is 0. The molecule has 0 aliphatic carbocycles. The van der Waals surface area contributed by atoms with Gasteiger partial charge in [-0.2, -0.15) is 0 Å². The quantitative estimate of drug-likeness (QED) is 0.612. The molecule has 4 rings (SSSR count). The predicted octanol–water partition coefficient (Wildman–Crippen LogP) is 3.46. The fourth-order valence-electron chi connectivity index (χ4n) is 4.73. The number of benzene rings is 1. The Bertz CT molecular complexity index is 924. The highest BCUT2D eigenvalue weighted by Gasteiger charge is 2.25. The molecule has 1 aromatic heterocycles. The molecule has 6 nitrogen and oxygen atoms in total. The largest absolute Gasteiger partial charge is 0.340 e. The third-order valence-electron chi connectivity index (χ3n) is 6.67. The summed E-state index contributed by atoms with van der Waals surface area (Å²) in [6.07, 6.45) is 10.5. The molecule has 2 amide bonds. The standard InChI is InChI=1S/C27H34N4O2/c32-26(30-18-16-29(17-19-30)21-24-6-2-1-3-7-24)13-11-25-9-5-15-31(22-25)27(33)12-10-23-8-4-14-28-20-23/h1-4,6-8,10,12,14,20,25H,5,9,11,13,15-19,21-22H2. The van der Waals surface area contributed by atoms with Crippen LogP contribution in [0.3, 0.4) is 0 Å². The van der Waals surface area contributed by atoms with Gasteiger partial charge in [-0.15, -0.1) is 0 Å². The van der Waals surface area contributed by atoms with Crippen molar-refractivity contribution in [2.24, 2.45) is 5.92 Å². The molecule has 1 aromatic carbocycles. The fraction of sp³-hybridized carbons (Fsp3) is 0.444. The summed E-state index contributed by atoms with van der Waals surface area (Å²) in [6, 6.07) is 14.3. The highest BCUT2D eigenvalue weighted by Crippen LogP contribution is 2.22. The topological polar surface area (TPSA) is 56.8 Å². The highest BCUT2D eigenvalue weighted by atomic mass is 16.2. The summed E-state index contributed by atoms with van der Waals surface area (Å²) in [5.41, 5.74) is 2.25. The maximum absolute atomic E-state index is 12.8. The van der Waals surface area contributed by atoms with Gasteiger partial charge in [0, 0.05) is 70.7 Å². The van der Waals surface area contributed by atoms with Gasteiger partial charge in [-0.1, -0.05) is 36.4 Å². The van der Waals surface area contributed by atoms with E-state index in [1.165, 1.54) is 5.56 Å². The first-order valence-electron chi connectivity index (χ1n) is 12.1. The molecular formula is C27H34N4O2. The Hall–Kier alpha value is -2.99. The molecule has 33 heavy (non-hydrogen) atoms. The number of aromatic nitrogens is 1. The van der Waals surface area contributed by atoms with Crippen molar-refractivity contribution in [3.05, 3.63) is 72.1 Å². The molecule has 0 saturated carbocycles. The summed E-state index contributed by atoms with van der Waals surface area (Å²) in [6.45, 7) is 5.95. The molecule has 2 fully saturated rings. The third-order valence-corrected chi connectivity index (χ3v) is 6.67. The number of carbonyl (C=O) groups is 2. The monoisotopic (exact) mass is 446 g/mol. The zero-order valence-electron chi connectivity index (χ0n) is 19.3. The van der Waals surface area contributed by atoms with Gasteiger partial charge >= 0.3 is 0 Å². The summed E-state index contributed by atoms with van der Waals surface area (Å²) in [4.78, 5) is 35.8. The average molecular weight is 447 g/mol. The van der Waals surface area contributed by atoms with Gasteiger partial charge in [0.05, 0.1) is 0 Å². The first-order chi connectivity index (χ1) is 16.2. The number of nitrogens with zero attached hydrogens (tertiary/aromatic N) is 4. The normalized spacial score (nSPS) is 19.7. The minimum Gasteiger partial charge on any atom is -0.340 e.